The summed E-state index contributed by atoms with van der Waals surface area (Å²) in [6.45, 7) is 11.6. The molecule has 126 valence electrons. The van der Waals surface area contributed by atoms with E-state index in [9.17, 15) is 4.79 Å². The molecule has 0 bridgehead atoms. The number of hydrogen-bond donors (Lipinski definition) is 0. The number of piperidine rings is 1. The van der Waals surface area contributed by atoms with Gasteiger partial charge >= 0.3 is 6.09 Å². The third-order valence-electron chi connectivity index (χ3n) is 3.80. The molecule has 1 amide bonds. The molecule has 4 nitrogen and oxygen atoms in total. The first-order valence-corrected chi connectivity index (χ1v) is 8.18. The van der Waals surface area contributed by atoms with E-state index in [0.29, 0.717) is 13.2 Å². The van der Waals surface area contributed by atoms with Crippen LogP contribution in [0.25, 0.3) is 0 Å². The van der Waals surface area contributed by atoms with Crippen molar-refractivity contribution in [2.24, 2.45) is 5.92 Å². The summed E-state index contributed by atoms with van der Waals surface area (Å²) < 4.78 is 11.3. The van der Waals surface area contributed by atoms with E-state index in [4.69, 9.17) is 9.47 Å². The number of nitrogens with zero attached hydrogens (tertiary/aromatic N) is 1. The van der Waals surface area contributed by atoms with Gasteiger partial charge in [0.1, 0.15) is 12.2 Å². The second-order valence-electron chi connectivity index (χ2n) is 7.01. The maximum Gasteiger partial charge on any atom is 0.410 e. The summed E-state index contributed by atoms with van der Waals surface area (Å²) in [6, 6.07) is 10.0. The highest BCUT2D eigenvalue weighted by Gasteiger charge is 2.29. The Kier molecular flexibility index (Phi) is 5.69. The average molecular weight is 317 g/mol. The van der Waals surface area contributed by atoms with Crippen LogP contribution in [0.5, 0.6) is 0 Å². The minimum Gasteiger partial charge on any atom is -0.494 e. The van der Waals surface area contributed by atoms with Crippen LogP contribution in [-0.2, 0) is 16.1 Å². The SMILES string of the molecule is C=C(OCc1ccccc1)C1CCCN(C(=O)OC(C)(C)C)C1. The molecule has 1 aliphatic rings. The Bertz CT molecular complexity index is 533. The fourth-order valence-electron chi connectivity index (χ4n) is 2.60. The van der Waals surface area contributed by atoms with Crippen LogP contribution in [0.15, 0.2) is 42.7 Å². The van der Waals surface area contributed by atoms with E-state index >= 15 is 0 Å². The number of likely N-dealkylation sites (tertiary alicyclic amines) is 1. The van der Waals surface area contributed by atoms with Gasteiger partial charge in [-0.1, -0.05) is 36.9 Å². The second kappa shape index (κ2) is 7.53. The van der Waals surface area contributed by atoms with Gasteiger partial charge < -0.3 is 14.4 Å². The van der Waals surface area contributed by atoms with Crippen molar-refractivity contribution in [2.75, 3.05) is 13.1 Å². The van der Waals surface area contributed by atoms with E-state index in [-0.39, 0.29) is 12.0 Å². The number of carbonyl (C=O) groups is 1. The van der Waals surface area contributed by atoms with Crippen molar-refractivity contribution in [3.63, 3.8) is 0 Å². The standard InChI is InChI=1S/C19H27NO3/c1-15(22-14-16-9-6-5-7-10-16)17-11-8-12-20(13-17)18(21)23-19(2,3)4/h5-7,9-10,17H,1,8,11-14H2,2-4H3. The van der Waals surface area contributed by atoms with Crippen molar-refractivity contribution in [2.45, 2.75) is 45.8 Å². The lowest BCUT2D eigenvalue weighted by Crippen LogP contribution is -2.43. The van der Waals surface area contributed by atoms with Gasteiger partial charge in [0.2, 0.25) is 0 Å². The number of amides is 1. The number of ether oxygens (including phenoxy) is 2. The molecule has 1 unspecified atom stereocenters. The lowest BCUT2D eigenvalue weighted by atomic mass is 9.97. The summed E-state index contributed by atoms with van der Waals surface area (Å²) in [5, 5.41) is 0. The van der Waals surface area contributed by atoms with Crippen LogP contribution in [0.4, 0.5) is 4.79 Å². The van der Waals surface area contributed by atoms with E-state index in [0.717, 1.165) is 30.7 Å². The summed E-state index contributed by atoms with van der Waals surface area (Å²) in [5.74, 6) is 0.919. The third-order valence-corrected chi connectivity index (χ3v) is 3.80. The lowest BCUT2D eigenvalue weighted by molar-refractivity contribution is 0.0147. The highest BCUT2D eigenvalue weighted by molar-refractivity contribution is 5.68. The van der Waals surface area contributed by atoms with Gasteiger partial charge in [-0.2, -0.15) is 0 Å². The Hall–Kier alpha value is -1.97. The van der Waals surface area contributed by atoms with Gasteiger partial charge in [-0.05, 0) is 39.2 Å². The van der Waals surface area contributed by atoms with Crippen LogP contribution in [-0.4, -0.2) is 29.7 Å². The largest absolute Gasteiger partial charge is 0.494 e. The Morgan fingerprint density at radius 3 is 2.65 bits per heavy atom. The summed E-state index contributed by atoms with van der Waals surface area (Å²) >= 11 is 0. The molecule has 1 heterocycles. The molecular weight excluding hydrogens is 290 g/mol. The molecule has 1 saturated heterocycles. The molecule has 0 aliphatic carbocycles. The van der Waals surface area contributed by atoms with Crippen LogP contribution in [0, 0.1) is 5.92 Å². The number of hydrogen-bond acceptors (Lipinski definition) is 3. The first kappa shape index (κ1) is 17.4. The maximum absolute atomic E-state index is 12.2. The van der Waals surface area contributed by atoms with Gasteiger partial charge in [-0.25, -0.2) is 4.79 Å². The smallest absolute Gasteiger partial charge is 0.410 e. The molecule has 0 N–H and O–H groups in total. The molecule has 1 aromatic carbocycles. The van der Waals surface area contributed by atoms with E-state index < -0.39 is 5.60 Å². The molecule has 4 heteroatoms. The normalized spacial score (nSPS) is 18.4. The molecule has 1 atom stereocenters. The van der Waals surface area contributed by atoms with Crippen LogP contribution < -0.4 is 0 Å². The van der Waals surface area contributed by atoms with Crippen molar-refractivity contribution in [3.8, 4) is 0 Å². The second-order valence-corrected chi connectivity index (χ2v) is 7.01. The van der Waals surface area contributed by atoms with E-state index in [1.54, 1.807) is 4.90 Å². The van der Waals surface area contributed by atoms with Crippen molar-refractivity contribution in [1.82, 2.24) is 4.90 Å². The Labute approximate surface area is 139 Å². The zero-order valence-electron chi connectivity index (χ0n) is 14.4. The van der Waals surface area contributed by atoms with E-state index in [1.807, 2.05) is 51.1 Å². The molecule has 1 aliphatic heterocycles. The van der Waals surface area contributed by atoms with Crippen molar-refractivity contribution in [1.29, 1.82) is 0 Å². The van der Waals surface area contributed by atoms with Crippen LogP contribution in [0.2, 0.25) is 0 Å². The summed E-state index contributed by atoms with van der Waals surface area (Å²) in [5.41, 5.74) is 0.652. The average Bonchev–Trinajstić information content (AvgIpc) is 2.52. The lowest BCUT2D eigenvalue weighted by Gasteiger charge is -2.34. The van der Waals surface area contributed by atoms with Crippen LogP contribution in [0.3, 0.4) is 0 Å². The van der Waals surface area contributed by atoms with Gasteiger partial charge in [0.15, 0.2) is 0 Å². The Morgan fingerprint density at radius 2 is 2.00 bits per heavy atom. The molecule has 0 aromatic heterocycles. The summed E-state index contributed by atoms with van der Waals surface area (Å²) in [7, 11) is 0. The quantitative estimate of drug-likeness (QED) is 0.774. The van der Waals surface area contributed by atoms with Crippen molar-refractivity contribution < 1.29 is 14.3 Å². The summed E-state index contributed by atoms with van der Waals surface area (Å²) in [4.78, 5) is 14.0. The van der Waals surface area contributed by atoms with Gasteiger partial charge in [-0.15, -0.1) is 0 Å². The molecule has 2 rings (SSSR count). The Morgan fingerprint density at radius 1 is 1.30 bits per heavy atom. The zero-order chi connectivity index (χ0) is 16.9. The van der Waals surface area contributed by atoms with Crippen molar-refractivity contribution in [3.05, 3.63) is 48.2 Å². The molecule has 0 radical (unpaired) electrons. The summed E-state index contributed by atoms with van der Waals surface area (Å²) in [6.07, 6.45) is 1.68. The maximum atomic E-state index is 12.2. The predicted octanol–water partition coefficient (Wildman–Crippen LogP) is 4.36. The highest BCUT2D eigenvalue weighted by atomic mass is 16.6. The molecule has 0 saturated carbocycles. The van der Waals surface area contributed by atoms with Gasteiger partial charge in [0.25, 0.3) is 0 Å². The molecule has 1 aromatic rings. The van der Waals surface area contributed by atoms with E-state index in [2.05, 4.69) is 6.58 Å². The van der Waals surface area contributed by atoms with Crippen LogP contribution >= 0.6 is 0 Å². The first-order chi connectivity index (χ1) is 10.8. The first-order valence-electron chi connectivity index (χ1n) is 8.18. The Balaban J connectivity index is 1.85. The monoisotopic (exact) mass is 317 g/mol. The van der Waals surface area contributed by atoms with Crippen molar-refractivity contribution >= 4 is 6.09 Å². The number of benzene rings is 1. The van der Waals surface area contributed by atoms with E-state index in [1.165, 1.54) is 0 Å². The topological polar surface area (TPSA) is 38.8 Å². The highest BCUT2D eigenvalue weighted by Crippen LogP contribution is 2.25. The van der Waals surface area contributed by atoms with Gasteiger partial charge in [-0.3, -0.25) is 0 Å². The fourth-order valence-corrected chi connectivity index (χ4v) is 2.60. The third kappa shape index (κ3) is 5.62. The van der Waals surface area contributed by atoms with Crippen LogP contribution in [0.1, 0.15) is 39.2 Å². The van der Waals surface area contributed by atoms with Gasteiger partial charge in [0.05, 0.1) is 5.76 Å². The minimum absolute atomic E-state index is 0.167. The zero-order valence-corrected chi connectivity index (χ0v) is 14.4. The molecule has 23 heavy (non-hydrogen) atoms. The minimum atomic E-state index is -0.467. The fraction of sp³-hybridized carbons (Fsp3) is 0.526. The predicted molar refractivity (Wildman–Crippen MR) is 90.9 cm³/mol. The van der Waals surface area contributed by atoms with Gasteiger partial charge in [0, 0.05) is 19.0 Å². The number of carbonyl (C=O) groups excluding carboxylic acids is 1. The molecule has 0 spiro atoms. The number of rotatable bonds is 4. The molecular formula is C19H27NO3. The molecule has 1 fully saturated rings.